The van der Waals surface area contributed by atoms with E-state index in [0.29, 0.717) is 6.54 Å². The van der Waals surface area contributed by atoms with Gasteiger partial charge in [-0.3, -0.25) is 4.79 Å². The Labute approximate surface area is 129 Å². The summed E-state index contributed by atoms with van der Waals surface area (Å²) in [5, 5.41) is 10.5. The number of nitrogens with zero attached hydrogens (tertiary/aromatic N) is 1. The van der Waals surface area contributed by atoms with Crippen molar-refractivity contribution in [2.75, 3.05) is 0 Å². The van der Waals surface area contributed by atoms with E-state index in [1.165, 1.54) is 11.3 Å². The van der Waals surface area contributed by atoms with Gasteiger partial charge in [0, 0.05) is 19.4 Å². The zero-order chi connectivity index (χ0) is 15.2. The summed E-state index contributed by atoms with van der Waals surface area (Å²) in [5.74, 6) is -0.799. The molecule has 4 rings (SSSR count). The zero-order valence-electron chi connectivity index (χ0n) is 12.5. The van der Waals surface area contributed by atoms with E-state index in [4.69, 9.17) is 9.47 Å². The Morgan fingerprint density at radius 1 is 1.14 bits per heavy atom. The average Bonchev–Trinajstić information content (AvgIpc) is 3.00. The highest BCUT2D eigenvalue weighted by atomic mass is 16.8. The minimum Gasteiger partial charge on any atom is -0.371 e. The summed E-state index contributed by atoms with van der Waals surface area (Å²) < 4.78 is 12.0. The van der Waals surface area contributed by atoms with Gasteiger partial charge in [0.2, 0.25) is 0 Å². The van der Waals surface area contributed by atoms with Crippen LogP contribution in [0.4, 0.5) is 0 Å². The Balaban J connectivity index is 1.50. The molecule has 1 saturated carbocycles. The van der Waals surface area contributed by atoms with Gasteiger partial charge in [0.25, 0.3) is 5.91 Å². The molecule has 22 heavy (non-hydrogen) atoms. The second-order valence-corrected chi connectivity index (χ2v) is 6.46. The number of carbonyl (C=O) groups excluding carboxylic acids is 1. The molecule has 2 heterocycles. The fraction of sp³-hybridized carbons (Fsp3) is 0.588. The van der Waals surface area contributed by atoms with Gasteiger partial charge in [0.05, 0.1) is 0 Å². The fourth-order valence-electron chi connectivity index (χ4n) is 3.79. The summed E-state index contributed by atoms with van der Waals surface area (Å²) in [6.07, 6.45) is 2.78. The first kappa shape index (κ1) is 14.2. The number of hydrogen-bond donors (Lipinski definition) is 1. The van der Waals surface area contributed by atoms with Crippen molar-refractivity contribution in [1.82, 2.24) is 4.90 Å². The standard InChI is InChI=1S/C17H21NO4/c19-15-13-14(22-17(21-13)9-5-2-6-10-17)16(20)18(15)11-12-7-3-1-4-8-12/h1,3-4,7-8,13-15,19H,2,5-6,9-11H2/t13-,14+,15-/m0/s1. The monoisotopic (exact) mass is 303 g/mol. The number of amides is 1. The van der Waals surface area contributed by atoms with Gasteiger partial charge in [-0.05, 0) is 18.4 Å². The van der Waals surface area contributed by atoms with E-state index in [0.717, 1.165) is 31.2 Å². The van der Waals surface area contributed by atoms with Crippen molar-refractivity contribution in [2.45, 2.75) is 62.9 Å². The molecule has 1 aromatic carbocycles. The lowest BCUT2D eigenvalue weighted by Gasteiger charge is -2.34. The number of aliphatic hydroxyl groups is 1. The highest BCUT2D eigenvalue weighted by molar-refractivity contribution is 5.85. The molecule has 3 fully saturated rings. The van der Waals surface area contributed by atoms with Gasteiger partial charge < -0.3 is 19.5 Å². The van der Waals surface area contributed by atoms with E-state index in [-0.39, 0.29) is 5.91 Å². The molecular formula is C17H21NO4. The fourth-order valence-corrected chi connectivity index (χ4v) is 3.79. The molecule has 1 aromatic rings. The third-order valence-corrected chi connectivity index (χ3v) is 4.94. The minimum atomic E-state index is -0.931. The minimum absolute atomic E-state index is 0.163. The smallest absolute Gasteiger partial charge is 0.257 e. The Kier molecular flexibility index (Phi) is 3.44. The predicted octanol–water partition coefficient (Wildman–Crippen LogP) is 1.79. The number of likely N-dealkylation sites (tertiary alicyclic amines) is 1. The van der Waals surface area contributed by atoms with Crippen molar-refractivity contribution < 1.29 is 19.4 Å². The molecule has 3 aliphatic rings. The van der Waals surface area contributed by atoms with Crippen LogP contribution in [0.25, 0.3) is 0 Å². The second-order valence-electron chi connectivity index (χ2n) is 6.46. The number of fused-ring (bicyclic) bond motifs is 1. The predicted molar refractivity (Wildman–Crippen MR) is 78.6 cm³/mol. The number of aliphatic hydroxyl groups excluding tert-OH is 1. The summed E-state index contributed by atoms with van der Waals surface area (Å²) >= 11 is 0. The van der Waals surface area contributed by atoms with Crippen molar-refractivity contribution in [3.05, 3.63) is 35.9 Å². The largest absolute Gasteiger partial charge is 0.371 e. The highest BCUT2D eigenvalue weighted by Gasteiger charge is 2.59. The molecule has 118 valence electrons. The van der Waals surface area contributed by atoms with Crippen molar-refractivity contribution in [3.63, 3.8) is 0 Å². The van der Waals surface area contributed by atoms with Crippen LogP contribution in [-0.4, -0.2) is 40.1 Å². The van der Waals surface area contributed by atoms with Crippen LogP contribution in [0.1, 0.15) is 37.7 Å². The molecule has 2 saturated heterocycles. The SMILES string of the molecule is O=C1[C@@H]2OC3(CCCCC3)O[C@@H]2[C@H](O)N1Cc1ccccc1. The molecule has 1 N–H and O–H groups in total. The molecule has 2 aliphatic heterocycles. The quantitative estimate of drug-likeness (QED) is 0.905. The van der Waals surface area contributed by atoms with Crippen LogP contribution in [0.15, 0.2) is 30.3 Å². The van der Waals surface area contributed by atoms with Gasteiger partial charge in [-0.25, -0.2) is 0 Å². The molecule has 0 unspecified atom stereocenters. The summed E-state index contributed by atoms with van der Waals surface area (Å²) in [4.78, 5) is 14.0. The Morgan fingerprint density at radius 2 is 1.86 bits per heavy atom. The second kappa shape index (κ2) is 5.33. The third kappa shape index (κ3) is 2.24. The number of rotatable bonds is 2. The maximum absolute atomic E-state index is 12.6. The van der Waals surface area contributed by atoms with Gasteiger partial charge in [-0.15, -0.1) is 0 Å². The van der Waals surface area contributed by atoms with Gasteiger partial charge in [0.15, 0.2) is 18.1 Å². The van der Waals surface area contributed by atoms with E-state index in [1.54, 1.807) is 0 Å². The Morgan fingerprint density at radius 3 is 2.55 bits per heavy atom. The van der Waals surface area contributed by atoms with Crippen LogP contribution in [0.2, 0.25) is 0 Å². The number of hydrogen-bond acceptors (Lipinski definition) is 4. The normalized spacial score (nSPS) is 33.4. The van der Waals surface area contributed by atoms with E-state index in [9.17, 15) is 9.90 Å². The maximum atomic E-state index is 12.6. The lowest BCUT2D eigenvalue weighted by Crippen LogP contribution is -2.42. The summed E-state index contributed by atoms with van der Waals surface area (Å²) in [7, 11) is 0. The molecule has 1 spiro atoms. The number of carbonyl (C=O) groups is 1. The van der Waals surface area contributed by atoms with E-state index in [1.807, 2.05) is 30.3 Å². The maximum Gasteiger partial charge on any atom is 0.257 e. The van der Waals surface area contributed by atoms with Crippen LogP contribution in [0.3, 0.4) is 0 Å². The van der Waals surface area contributed by atoms with Crippen molar-refractivity contribution in [3.8, 4) is 0 Å². The molecule has 0 radical (unpaired) electrons. The lowest BCUT2D eigenvalue weighted by molar-refractivity contribution is -0.218. The van der Waals surface area contributed by atoms with E-state index >= 15 is 0 Å². The number of ether oxygens (including phenoxy) is 2. The lowest BCUT2D eigenvalue weighted by atomic mass is 9.94. The van der Waals surface area contributed by atoms with Crippen molar-refractivity contribution in [1.29, 1.82) is 0 Å². The average molecular weight is 303 g/mol. The first-order chi connectivity index (χ1) is 10.7. The zero-order valence-corrected chi connectivity index (χ0v) is 12.5. The molecule has 1 aliphatic carbocycles. The Bertz CT molecular complexity index is 555. The molecule has 1 amide bonds. The van der Waals surface area contributed by atoms with Crippen LogP contribution in [0.5, 0.6) is 0 Å². The summed E-state index contributed by atoms with van der Waals surface area (Å²) in [6.45, 7) is 0.382. The first-order valence-electron chi connectivity index (χ1n) is 8.07. The van der Waals surface area contributed by atoms with Gasteiger partial charge in [-0.2, -0.15) is 0 Å². The van der Waals surface area contributed by atoms with Crippen LogP contribution < -0.4 is 0 Å². The Hall–Kier alpha value is -1.43. The number of benzene rings is 1. The molecule has 5 nitrogen and oxygen atoms in total. The molecule has 0 aromatic heterocycles. The summed E-state index contributed by atoms with van der Waals surface area (Å²) in [5.41, 5.74) is 0.988. The van der Waals surface area contributed by atoms with Crippen LogP contribution >= 0.6 is 0 Å². The van der Waals surface area contributed by atoms with Gasteiger partial charge in [-0.1, -0.05) is 36.8 Å². The van der Waals surface area contributed by atoms with Gasteiger partial charge in [0.1, 0.15) is 6.10 Å². The molecule has 3 atom stereocenters. The van der Waals surface area contributed by atoms with Crippen molar-refractivity contribution in [2.24, 2.45) is 0 Å². The van der Waals surface area contributed by atoms with Crippen LogP contribution in [-0.2, 0) is 20.8 Å². The highest BCUT2D eigenvalue weighted by Crippen LogP contribution is 2.44. The third-order valence-electron chi connectivity index (χ3n) is 4.94. The first-order valence-corrected chi connectivity index (χ1v) is 8.07. The molecule has 5 heteroatoms. The summed E-state index contributed by atoms with van der Waals surface area (Å²) in [6, 6.07) is 9.66. The van der Waals surface area contributed by atoms with Crippen LogP contribution in [0, 0.1) is 0 Å². The topological polar surface area (TPSA) is 59.0 Å². The molecular weight excluding hydrogens is 282 g/mol. The van der Waals surface area contributed by atoms with Crippen molar-refractivity contribution >= 4 is 5.91 Å². The van der Waals surface area contributed by atoms with E-state index < -0.39 is 24.2 Å². The van der Waals surface area contributed by atoms with E-state index in [2.05, 4.69) is 0 Å². The van der Waals surface area contributed by atoms with Gasteiger partial charge >= 0.3 is 0 Å². The molecule has 0 bridgehead atoms.